The first kappa shape index (κ1) is 15.6. The fraction of sp³-hybridized carbons (Fsp3) is 0.133. The van der Waals surface area contributed by atoms with Gasteiger partial charge in [-0.3, -0.25) is 20.0 Å². The molecular formula is C15H14N6O3. The van der Waals surface area contributed by atoms with Crippen molar-refractivity contribution in [1.29, 1.82) is 0 Å². The molecule has 4 N–H and O–H groups in total. The second-order valence-corrected chi connectivity index (χ2v) is 5.27. The summed E-state index contributed by atoms with van der Waals surface area (Å²) in [7, 11) is 0. The summed E-state index contributed by atoms with van der Waals surface area (Å²) >= 11 is 0. The molecule has 3 aromatic rings. The highest BCUT2D eigenvalue weighted by Crippen LogP contribution is 2.25. The van der Waals surface area contributed by atoms with E-state index in [1.54, 1.807) is 19.1 Å². The second kappa shape index (κ2) is 6.05. The molecule has 0 saturated heterocycles. The molecule has 9 heteroatoms. The van der Waals surface area contributed by atoms with Crippen LogP contribution >= 0.6 is 0 Å². The number of aromatic nitrogens is 3. The second-order valence-electron chi connectivity index (χ2n) is 5.27. The van der Waals surface area contributed by atoms with Crippen molar-refractivity contribution < 1.29 is 9.72 Å². The van der Waals surface area contributed by atoms with E-state index in [9.17, 15) is 14.9 Å². The Hall–Kier alpha value is -3.33. The lowest BCUT2D eigenvalue weighted by molar-refractivity contribution is -0.385. The Morgan fingerprint density at radius 1 is 1.42 bits per heavy atom. The number of pyridine rings is 1. The molecule has 1 aromatic carbocycles. The average Bonchev–Trinajstić information content (AvgIpc) is 3.03. The first-order valence-electron chi connectivity index (χ1n) is 7.10. The fourth-order valence-corrected chi connectivity index (χ4v) is 2.32. The van der Waals surface area contributed by atoms with Gasteiger partial charge >= 0.3 is 0 Å². The molecule has 1 atom stereocenters. The minimum Gasteiger partial charge on any atom is -0.324 e. The summed E-state index contributed by atoms with van der Waals surface area (Å²) < 4.78 is 0. The number of nitrogens with two attached hydrogens (primary N) is 1. The van der Waals surface area contributed by atoms with Crippen LogP contribution in [0.25, 0.3) is 11.0 Å². The lowest BCUT2D eigenvalue weighted by Crippen LogP contribution is -2.15. The Bertz CT molecular complexity index is 934. The van der Waals surface area contributed by atoms with Crippen LogP contribution in [0.4, 0.5) is 11.4 Å². The number of rotatable bonds is 4. The minimum absolute atomic E-state index is 0.0437. The van der Waals surface area contributed by atoms with Crippen molar-refractivity contribution in [2.45, 2.75) is 13.0 Å². The van der Waals surface area contributed by atoms with Crippen molar-refractivity contribution >= 4 is 28.3 Å². The maximum Gasteiger partial charge on any atom is 0.282 e. The molecule has 2 heterocycles. The van der Waals surface area contributed by atoms with E-state index in [1.165, 1.54) is 24.5 Å². The SMILES string of the molecule is C[C@@H](N)c1ccc(C(=O)Nc2ccnc3[nH]ncc23)c([N+](=O)[O-])c1. The number of anilines is 1. The Morgan fingerprint density at radius 3 is 2.92 bits per heavy atom. The van der Waals surface area contributed by atoms with E-state index >= 15 is 0 Å². The van der Waals surface area contributed by atoms with E-state index in [4.69, 9.17) is 5.73 Å². The number of H-pyrrole nitrogens is 1. The number of hydrogen-bond donors (Lipinski definition) is 3. The third kappa shape index (κ3) is 2.79. The molecule has 0 fully saturated rings. The van der Waals surface area contributed by atoms with Gasteiger partial charge in [0.2, 0.25) is 0 Å². The van der Waals surface area contributed by atoms with Gasteiger partial charge in [-0.25, -0.2) is 4.98 Å². The van der Waals surface area contributed by atoms with Crippen molar-refractivity contribution in [2.24, 2.45) is 5.73 Å². The number of amides is 1. The summed E-state index contributed by atoms with van der Waals surface area (Å²) in [6.45, 7) is 1.71. The van der Waals surface area contributed by atoms with Gasteiger partial charge in [0.15, 0.2) is 5.65 Å². The molecule has 0 spiro atoms. The van der Waals surface area contributed by atoms with E-state index < -0.39 is 10.8 Å². The number of benzene rings is 1. The predicted molar refractivity (Wildman–Crippen MR) is 87.5 cm³/mol. The van der Waals surface area contributed by atoms with Crippen molar-refractivity contribution in [3.8, 4) is 0 Å². The smallest absolute Gasteiger partial charge is 0.282 e. The minimum atomic E-state index is -0.596. The monoisotopic (exact) mass is 326 g/mol. The normalized spacial score (nSPS) is 12.1. The molecule has 1 amide bonds. The van der Waals surface area contributed by atoms with Gasteiger partial charge in [-0.1, -0.05) is 6.07 Å². The number of carbonyl (C=O) groups is 1. The zero-order valence-electron chi connectivity index (χ0n) is 12.7. The van der Waals surface area contributed by atoms with Crippen LogP contribution in [0, 0.1) is 10.1 Å². The van der Waals surface area contributed by atoms with Gasteiger partial charge in [-0.2, -0.15) is 5.10 Å². The van der Waals surface area contributed by atoms with E-state index in [1.807, 2.05) is 0 Å². The topological polar surface area (TPSA) is 140 Å². The van der Waals surface area contributed by atoms with Gasteiger partial charge in [0.1, 0.15) is 5.56 Å². The highest BCUT2D eigenvalue weighted by molar-refractivity contribution is 6.10. The molecule has 3 rings (SSSR count). The summed E-state index contributed by atoms with van der Waals surface area (Å²) in [6, 6.07) is 5.55. The van der Waals surface area contributed by atoms with E-state index in [0.29, 0.717) is 22.3 Å². The number of hydrogen-bond acceptors (Lipinski definition) is 6. The molecule has 0 bridgehead atoms. The Morgan fingerprint density at radius 2 is 2.21 bits per heavy atom. The summed E-state index contributed by atoms with van der Waals surface area (Å²) in [5.74, 6) is -0.591. The number of nitro groups is 1. The lowest BCUT2D eigenvalue weighted by atomic mass is 10.0. The molecule has 0 saturated carbocycles. The highest BCUT2D eigenvalue weighted by atomic mass is 16.6. The van der Waals surface area contributed by atoms with Crippen LogP contribution in [0.2, 0.25) is 0 Å². The van der Waals surface area contributed by atoms with Gasteiger partial charge in [0.05, 0.1) is 22.2 Å². The zero-order chi connectivity index (χ0) is 17.3. The number of nitrogens with one attached hydrogen (secondary N) is 2. The van der Waals surface area contributed by atoms with Gasteiger partial charge in [0.25, 0.3) is 11.6 Å². The van der Waals surface area contributed by atoms with Crippen molar-refractivity contribution in [3.05, 3.63) is 57.9 Å². The van der Waals surface area contributed by atoms with Crippen LogP contribution < -0.4 is 11.1 Å². The van der Waals surface area contributed by atoms with Gasteiger partial charge in [-0.05, 0) is 24.6 Å². The quantitative estimate of drug-likeness (QED) is 0.495. The number of carbonyl (C=O) groups excluding carboxylic acids is 1. The first-order valence-corrected chi connectivity index (χ1v) is 7.10. The summed E-state index contributed by atoms with van der Waals surface area (Å²) in [4.78, 5) is 27.2. The van der Waals surface area contributed by atoms with Crippen LogP contribution in [0.5, 0.6) is 0 Å². The third-order valence-corrected chi connectivity index (χ3v) is 3.59. The molecule has 9 nitrogen and oxygen atoms in total. The van der Waals surface area contributed by atoms with Crippen LogP contribution in [-0.4, -0.2) is 26.0 Å². The number of fused-ring (bicyclic) bond motifs is 1. The lowest BCUT2D eigenvalue weighted by Gasteiger charge is -2.09. The molecule has 24 heavy (non-hydrogen) atoms. The van der Waals surface area contributed by atoms with E-state index in [0.717, 1.165) is 0 Å². The maximum atomic E-state index is 12.5. The molecule has 0 aliphatic carbocycles. The van der Waals surface area contributed by atoms with E-state index in [2.05, 4.69) is 20.5 Å². The van der Waals surface area contributed by atoms with Gasteiger partial charge in [0, 0.05) is 18.3 Å². The molecular weight excluding hydrogens is 312 g/mol. The van der Waals surface area contributed by atoms with Crippen molar-refractivity contribution in [3.63, 3.8) is 0 Å². The highest BCUT2D eigenvalue weighted by Gasteiger charge is 2.22. The molecule has 0 aliphatic heterocycles. The summed E-state index contributed by atoms with van der Waals surface area (Å²) in [6.07, 6.45) is 3.02. The molecule has 122 valence electrons. The predicted octanol–water partition coefficient (Wildman–Crippen LogP) is 2.14. The van der Waals surface area contributed by atoms with Crippen LogP contribution in [0.3, 0.4) is 0 Å². The summed E-state index contributed by atoms with van der Waals surface area (Å²) in [5.41, 5.74) is 6.96. The standard InChI is InChI=1S/C15H14N6O3/c1-8(16)9-2-3-10(13(6-9)21(23)24)15(22)19-12-4-5-17-14-11(12)7-18-20-14/h2-8H,16H2,1H3,(H2,17,18,19,20,22)/t8-/m1/s1. The van der Waals surface area contributed by atoms with Gasteiger partial charge < -0.3 is 11.1 Å². The Balaban J connectivity index is 1.98. The van der Waals surface area contributed by atoms with Crippen LogP contribution in [0.1, 0.15) is 28.9 Å². The molecule has 2 aromatic heterocycles. The number of nitrogens with zero attached hydrogens (tertiary/aromatic N) is 3. The van der Waals surface area contributed by atoms with Crippen molar-refractivity contribution in [1.82, 2.24) is 15.2 Å². The van der Waals surface area contributed by atoms with Crippen molar-refractivity contribution in [2.75, 3.05) is 5.32 Å². The molecule has 0 aliphatic rings. The number of aromatic amines is 1. The maximum absolute atomic E-state index is 12.5. The average molecular weight is 326 g/mol. The third-order valence-electron chi connectivity index (χ3n) is 3.59. The molecule has 0 radical (unpaired) electrons. The first-order chi connectivity index (χ1) is 11.5. The van der Waals surface area contributed by atoms with Gasteiger partial charge in [-0.15, -0.1) is 0 Å². The Kier molecular flexibility index (Phi) is 3.92. The number of nitro benzene ring substituents is 1. The largest absolute Gasteiger partial charge is 0.324 e. The zero-order valence-corrected chi connectivity index (χ0v) is 12.7. The van der Waals surface area contributed by atoms with E-state index in [-0.39, 0.29) is 17.3 Å². The molecule has 0 unspecified atom stereocenters. The van der Waals surface area contributed by atoms with Crippen LogP contribution in [-0.2, 0) is 0 Å². The fourth-order valence-electron chi connectivity index (χ4n) is 2.32. The summed E-state index contributed by atoms with van der Waals surface area (Å²) in [5, 5.41) is 21.1. The Labute approximate surface area is 136 Å². The van der Waals surface area contributed by atoms with Crippen LogP contribution in [0.15, 0.2) is 36.7 Å².